The molecule has 0 rings (SSSR count). The van der Waals surface area contributed by atoms with Gasteiger partial charge in [0.25, 0.3) is 0 Å². The van der Waals surface area contributed by atoms with E-state index in [0.29, 0.717) is 0 Å². The number of rotatable bonds is 2. The Hall–Kier alpha value is 0.317. The van der Waals surface area contributed by atoms with Gasteiger partial charge in [0.1, 0.15) is 8.07 Å². The molecule has 1 nitrogen and oxygen atoms in total. The van der Waals surface area contributed by atoms with Crippen LogP contribution in [0.3, 0.4) is 0 Å². The molecule has 0 spiro atoms. The molecule has 0 bridgehead atoms. The van der Waals surface area contributed by atoms with Gasteiger partial charge in [-0.2, -0.15) is 0 Å². The fourth-order valence-corrected chi connectivity index (χ4v) is 10.2. The van der Waals surface area contributed by atoms with Crippen molar-refractivity contribution < 1.29 is 4.57 Å². The highest BCUT2D eigenvalue weighted by molar-refractivity contribution is 7.33. The van der Waals surface area contributed by atoms with Gasteiger partial charge in [0.05, 0.1) is 0 Å². The lowest BCUT2D eigenvalue weighted by Gasteiger charge is -2.50. The highest BCUT2D eigenvalue weighted by Gasteiger charge is 2.65. The van der Waals surface area contributed by atoms with Crippen molar-refractivity contribution in [3.05, 3.63) is 0 Å². The standard InChI is InChI=1S/C12H27OPSi/c1-10(2,3)12(14-13,11(4,5)6)15(7,8)9/h1-9H3/p+1. The monoisotopic (exact) mass is 247 g/mol. The molecule has 0 heterocycles. The van der Waals surface area contributed by atoms with Crippen molar-refractivity contribution in [2.75, 3.05) is 0 Å². The van der Waals surface area contributed by atoms with E-state index in [2.05, 4.69) is 61.2 Å². The molecule has 0 aliphatic heterocycles. The van der Waals surface area contributed by atoms with E-state index < -0.39 is 8.07 Å². The van der Waals surface area contributed by atoms with Gasteiger partial charge in [0.15, 0.2) is 4.78 Å². The van der Waals surface area contributed by atoms with Gasteiger partial charge in [-0.05, 0) is 0 Å². The minimum atomic E-state index is -1.51. The van der Waals surface area contributed by atoms with Crippen LogP contribution in [0.5, 0.6) is 0 Å². The van der Waals surface area contributed by atoms with Crippen molar-refractivity contribution >= 4 is 16.5 Å². The van der Waals surface area contributed by atoms with Crippen molar-refractivity contribution in [3.8, 4) is 0 Å². The number of hydrogen-bond donors (Lipinski definition) is 0. The quantitative estimate of drug-likeness (QED) is 0.510. The average Bonchev–Trinajstić information content (AvgIpc) is 1.76. The van der Waals surface area contributed by atoms with Gasteiger partial charge >= 0.3 is 8.46 Å². The molecule has 0 aromatic rings. The number of hydrogen-bond acceptors (Lipinski definition) is 1. The summed E-state index contributed by atoms with van der Waals surface area (Å²) in [4.78, 5) is 0. The molecule has 0 aliphatic rings. The van der Waals surface area contributed by atoms with E-state index in [1.807, 2.05) is 0 Å². The lowest BCUT2D eigenvalue weighted by atomic mass is 9.75. The van der Waals surface area contributed by atoms with Gasteiger partial charge in [-0.3, -0.25) is 0 Å². The average molecular weight is 247 g/mol. The van der Waals surface area contributed by atoms with Crippen LogP contribution in [0.15, 0.2) is 0 Å². The maximum atomic E-state index is 12.0. The van der Waals surface area contributed by atoms with Crippen molar-refractivity contribution in [1.82, 2.24) is 0 Å². The summed E-state index contributed by atoms with van der Waals surface area (Å²) >= 11 is 0. The van der Waals surface area contributed by atoms with Gasteiger partial charge < -0.3 is 0 Å². The highest BCUT2D eigenvalue weighted by atomic mass is 31.1. The molecular weight excluding hydrogens is 219 g/mol. The van der Waals surface area contributed by atoms with Crippen LogP contribution in [-0.2, 0) is 4.57 Å². The third-order valence-electron chi connectivity index (χ3n) is 3.53. The molecule has 0 radical (unpaired) electrons. The second kappa shape index (κ2) is 3.96. The second-order valence-electron chi connectivity index (χ2n) is 7.60. The van der Waals surface area contributed by atoms with Crippen LogP contribution in [0.1, 0.15) is 41.5 Å². The maximum absolute atomic E-state index is 12.0. The summed E-state index contributed by atoms with van der Waals surface area (Å²) in [6, 6.07) is 0. The molecule has 3 heteroatoms. The third kappa shape index (κ3) is 2.36. The lowest BCUT2D eigenvalue weighted by Crippen LogP contribution is -2.63. The van der Waals surface area contributed by atoms with Crippen molar-refractivity contribution in [2.24, 2.45) is 10.8 Å². The first-order valence-electron chi connectivity index (χ1n) is 5.70. The summed E-state index contributed by atoms with van der Waals surface area (Å²) in [7, 11) is -1.72. The van der Waals surface area contributed by atoms with Gasteiger partial charge in [0.2, 0.25) is 0 Å². The van der Waals surface area contributed by atoms with E-state index in [9.17, 15) is 4.57 Å². The molecule has 0 N–H and O–H groups in total. The Morgan fingerprint density at radius 3 is 1.07 bits per heavy atom. The molecule has 15 heavy (non-hydrogen) atoms. The lowest BCUT2D eigenvalue weighted by molar-refractivity contribution is 0.197. The zero-order valence-electron chi connectivity index (χ0n) is 11.9. The van der Waals surface area contributed by atoms with E-state index in [0.717, 1.165) is 0 Å². The first-order chi connectivity index (χ1) is 6.31. The predicted octanol–water partition coefficient (Wildman–Crippen LogP) is 4.72. The summed E-state index contributed by atoms with van der Waals surface area (Å²) in [6.07, 6.45) is 0. The minimum absolute atomic E-state index is 0.0347. The Kier molecular flexibility index (Phi) is 4.04. The van der Waals surface area contributed by atoms with E-state index in [1.165, 1.54) is 0 Å². The van der Waals surface area contributed by atoms with Crippen LogP contribution >= 0.6 is 8.46 Å². The van der Waals surface area contributed by atoms with E-state index in [1.54, 1.807) is 0 Å². The molecule has 0 amide bonds. The summed E-state index contributed by atoms with van der Waals surface area (Å²) in [5.74, 6) is 0. The van der Waals surface area contributed by atoms with E-state index >= 15 is 0 Å². The SMILES string of the molecule is CC(C)(C)C([PH+]=O)(C(C)(C)C)[Si](C)(C)C. The van der Waals surface area contributed by atoms with Crippen molar-refractivity contribution in [2.45, 2.75) is 66.0 Å². The van der Waals surface area contributed by atoms with E-state index in [-0.39, 0.29) is 24.1 Å². The molecule has 0 aromatic heterocycles. The Morgan fingerprint density at radius 2 is 1.07 bits per heavy atom. The highest BCUT2D eigenvalue weighted by Crippen LogP contribution is 2.57. The molecule has 1 atom stereocenters. The Labute approximate surface area is 98.3 Å². The first-order valence-corrected chi connectivity index (χ1v) is 10.1. The van der Waals surface area contributed by atoms with Crippen LogP contribution < -0.4 is 0 Å². The molecule has 0 saturated carbocycles. The van der Waals surface area contributed by atoms with Gasteiger partial charge in [0, 0.05) is 10.8 Å². The van der Waals surface area contributed by atoms with Crippen LogP contribution in [0, 0.1) is 10.8 Å². The third-order valence-corrected chi connectivity index (χ3v) is 11.6. The van der Waals surface area contributed by atoms with Crippen LogP contribution in [0.25, 0.3) is 0 Å². The molecular formula is C12H28OPSi+. The van der Waals surface area contributed by atoms with Gasteiger partial charge in [-0.1, -0.05) is 65.7 Å². The fourth-order valence-electron chi connectivity index (χ4n) is 3.83. The summed E-state index contributed by atoms with van der Waals surface area (Å²) in [6.45, 7) is 20.5. The molecule has 1 unspecified atom stereocenters. The molecule has 0 aromatic carbocycles. The van der Waals surface area contributed by atoms with Crippen molar-refractivity contribution in [1.29, 1.82) is 0 Å². The summed E-state index contributed by atoms with van der Waals surface area (Å²) < 4.78 is 11.9. The predicted molar refractivity (Wildman–Crippen MR) is 74.0 cm³/mol. The summed E-state index contributed by atoms with van der Waals surface area (Å²) in [5, 5.41) is 0. The van der Waals surface area contributed by atoms with Crippen LogP contribution in [-0.4, -0.2) is 12.9 Å². The fraction of sp³-hybridized carbons (Fsp3) is 1.00. The van der Waals surface area contributed by atoms with E-state index in [4.69, 9.17) is 0 Å². The maximum Gasteiger partial charge on any atom is 0.328 e. The topological polar surface area (TPSA) is 17.1 Å². The Bertz CT molecular complexity index is 204. The van der Waals surface area contributed by atoms with Gasteiger partial charge in [-0.25, -0.2) is 0 Å². The van der Waals surface area contributed by atoms with Crippen molar-refractivity contribution in [3.63, 3.8) is 0 Å². The largest absolute Gasteiger partial charge is 0.328 e. The Morgan fingerprint density at radius 1 is 0.800 bits per heavy atom. The first kappa shape index (κ1) is 15.3. The smallest absolute Gasteiger partial charge is 0.0772 e. The Balaban J connectivity index is 5.89. The van der Waals surface area contributed by atoms with Crippen LogP contribution in [0.2, 0.25) is 19.6 Å². The molecule has 90 valence electrons. The second-order valence-corrected chi connectivity index (χ2v) is 14.3. The summed E-state index contributed by atoms with van der Waals surface area (Å²) in [5.41, 5.74) is 0.186. The molecule has 0 fully saturated rings. The minimum Gasteiger partial charge on any atom is -0.0772 e. The molecule has 0 saturated heterocycles. The normalized spacial score (nSPS) is 15.8. The molecule has 0 aliphatic carbocycles. The van der Waals surface area contributed by atoms with Crippen LogP contribution in [0.4, 0.5) is 0 Å². The zero-order valence-corrected chi connectivity index (χ0v) is 13.9. The van der Waals surface area contributed by atoms with Gasteiger partial charge in [-0.15, -0.1) is 0 Å². The zero-order chi connectivity index (χ0) is 12.7.